The smallest absolute Gasteiger partial charge is 0.259 e. The van der Waals surface area contributed by atoms with E-state index in [0.717, 1.165) is 19.3 Å². The van der Waals surface area contributed by atoms with Crippen molar-refractivity contribution in [1.29, 1.82) is 0 Å². The number of rotatable bonds is 8. The second-order valence-electron chi connectivity index (χ2n) is 5.42. The van der Waals surface area contributed by atoms with E-state index in [0.29, 0.717) is 23.6 Å². The van der Waals surface area contributed by atoms with Gasteiger partial charge in [-0.1, -0.05) is 44.0 Å². The highest BCUT2D eigenvalue weighted by Gasteiger charge is 2.15. The van der Waals surface area contributed by atoms with Crippen LogP contribution in [-0.4, -0.2) is 18.4 Å². The van der Waals surface area contributed by atoms with Gasteiger partial charge in [-0.2, -0.15) is 0 Å². The van der Waals surface area contributed by atoms with Gasteiger partial charge in [0, 0.05) is 0 Å². The Bertz CT molecular complexity index is 713. The first-order valence-electron chi connectivity index (χ1n) is 8.05. The molecule has 0 fully saturated rings. The van der Waals surface area contributed by atoms with Crippen molar-refractivity contribution in [3.63, 3.8) is 0 Å². The largest absolute Gasteiger partial charge is 0.493 e. The molecule has 2 rings (SSSR count). The zero-order valence-electron chi connectivity index (χ0n) is 13.7. The molecule has 0 saturated heterocycles. The van der Waals surface area contributed by atoms with Gasteiger partial charge in [0.15, 0.2) is 0 Å². The zero-order chi connectivity index (χ0) is 17.4. The molecule has 5 nitrogen and oxygen atoms in total. The molecule has 0 saturated carbocycles. The molecular formula is C19H22N2O3. The summed E-state index contributed by atoms with van der Waals surface area (Å²) in [5.41, 5.74) is 6.42. The van der Waals surface area contributed by atoms with Gasteiger partial charge in [0.05, 0.1) is 23.4 Å². The Morgan fingerprint density at radius 2 is 1.67 bits per heavy atom. The van der Waals surface area contributed by atoms with Crippen LogP contribution in [0.3, 0.4) is 0 Å². The number of hydrogen-bond acceptors (Lipinski definition) is 3. The molecule has 0 bridgehead atoms. The van der Waals surface area contributed by atoms with Crippen LogP contribution < -0.4 is 15.8 Å². The number of benzene rings is 2. The average Bonchev–Trinajstić information content (AvgIpc) is 2.59. The summed E-state index contributed by atoms with van der Waals surface area (Å²) in [6.45, 7) is 2.69. The number of nitrogens with two attached hydrogens (primary N) is 1. The maximum absolute atomic E-state index is 12.6. The topological polar surface area (TPSA) is 81.4 Å². The summed E-state index contributed by atoms with van der Waals surface area (Å²) in [6.07, 6.45) is 3.13. The van der Waals surface area contributed by atoms with Gasteiger partial charge in [0.25, 0.3) is 11.8 Å². The van der Waals surface area contributed by atoms with Crippen LogP contribution in [-0.2, 0) is 0 Å². The maximum Gasteiger partial charge on any atom is 0.259 e. The third kappa shape index (κ3) is 4.59. The molecule has 0 aliphatic heterocycles. The summed E-state index contributed by atoms with van der Waals surface area (Å²) >= 11 is 0. The lowest BCUT2D eigenvalue weighted by molar-refractivity contribution is 0.100. The van der Waals surface area contributed by atoms with Gasteiger partial charge in [0.1, 0.15) is 5.75 Å². The summed E-state index contributed by atoms with van der Waals surface area (Å²) < 4.78 is 5.72. The number of carbonyl (C=O) groups is 2. The van der Waals surface area contributed by atoms with E-state index < -0.39 is 5.91 Å². The number of carbonyl (C=O) groups excluding carboxylic acids is 2. The van der Waals surface area contributed by atoms with E-state index in [9.17, 15) is 9.59 Å². The number of primary amides is 1. The molecule has 2 aromatic carbocycles. The molecule has 2 aromatic rings. The molecule has 0 aliphatic rings. The number of unbranched alkanes of at least 4 members (excludes halogenated alkanes) is 2. The Labute approximate surface area is 141 Å². The van der Waals surface area contributed by atoms with Crippen LogP contribution in [0.15, 0.2) is 48.5 Å². The Balaban J connectivity index is 2.14. The fraction of sp³-hybridized carbons (Fsp3) is 0.263. The molecule has 5 heteroatoms. The van der Waals surface area contributed by atoms with Gasteiger partial charge >= 0.3 is 0 Å². The standard InChI is InChI=1S/C19H22N2O3/c1-2-3-8-13-24-17-12-7-5-10-15(17)19(23)21-16-11-6-4-9-14(16)18(20)22/h4-7,9-12H,2-3,8,13H2,1H3,(H2,20,22)(H,21,23). The van der Waals surface area contributed by atoms with Crippen molar-refractivity contribution < 1.29 is 14.3 Å². The lowest BCUT2D eigenvalue weighted by Crippen LogP contribution is -2.18. The second kappa shape index (κ2) is 8.72. The quantitative estimate of drug-likeness (QED) is 0.727. The average molecular weight is 326 g/mol. The van der Waals surface area contributed by atoms with Crippen molar-refractivity contribution in [3.8, 4) is 5.75 Å². The third-order valence-corrected chi connectivity index (χ3v) is 3.58. The normalized spacial score (nSPS) is 10.2. The highest BCUT2D eigenvalue weighted by atomic mass is 16.5. The maximum atomic E-state index is 12.6. The summed E-state index contributed by atoms with van der Waals surface area (Å²) in [7, 11) is 0. The van der Waals surface area contributed by atoms with Crippen LogP contribution in [0.1, 0.15) is 46.9 Å². The number of ether oxygens (including phenoxy) is 1. The van der Waals surface area contributed by atoms with Crippen LogP contribution in [0.25, 0.3) is 0 Å². The number of anilines is 1. The van der Waals surface area contributed by atoms with E-state index in [4.69, 9.17) is 10.5 Å². The van der Waals surface area contributed by atoms with Crippen LogP contribution >= 0.6 is 0 Å². The van der Waals surface area contributed by atoms with E-state index in [1.807, 2.05) is 6.07 Å². The predicted octanol–water partition coefficient (Wildman–Crippen LogP) is 3.61. The van der Waals surface area contributed by atoms with Crippen LogP contribution in [0, 0.1) is 0 Å². The van der Waals surface area contributed by atoms with Gasteiger partial charge in [-0.25, -0.2) is 0 Å². The van der Waals surface area contributed by atoms with Crippen molar-refractivity contribution >= 4 is 17.5 Å². The van der Waals surface area contributed by atoms with Crippen LogP contribution in [0.2, 0.25) is 0 Å². The number of nitrogens with one attached hydrogen (secondary N) is 1. The Kier molecular flexibility index (Phi) is 6.37. The van der Waals surface area contributed by atoms with E-state index in [-0.39, 0.29) is 11.5 Å². The summed E-state index contributed by atoms with van der Waals surface area (Å²) in [4.78, 5) is 24.0. The predicted molar refractivity (Wildman–Crippen MR) is 94.4 cm³/mol. The molecular weight excluding hydrogens is 304 g/mol. The first kappa shape index (κ1) is 17.5. The molecule has 0 radical (unpaired) electrons. The lowest BCUT2D eigenvalue weighted by atomic mass is 10.1. The lowest BCUT2D eigenvalue weighted by Gasteiger charge is -2.13. The minimum atomic E-state index is -0.588. The Hall–Kier alpha value is -2.82. The van der Waals surface area contributed by atoms with E-state index >= 15 is 0 Å². The minimum Gasteiger partial charge on any atom is -0.493 e. The molecule has 0 aromatic heterocycles. The first-order chi connectivity index (χ1) is 11.6. The van der Waals surface area contributed by atoms with E-state index in [1.54, 1.807) is 42.5 Å². The summed E-state index contributed by atoms with van der Waals surface area (Å²) in [5, 5.41) is 2.73. The zero-order valence-corrected chi connectivity index (χ0v) is 13.7. The third-order valence-electron chi connectivity index (χ3n) is 3.58. The van der Waals surface area contributed by atoms with Gasteiger partial charge < -0.3 is 15.8 Å². The van der Waals surface area contributed by atoms with Gasteiger partial charge in [-0.05, 0) is 30.7 Å². The fourth-order valence-corrected chi connectivity index (χ4v) is 2.31. The van der Waals surface area contributed by atoms with E-state index in [2.05, 4.69) is 12.2 Å². The minimum absolute atomic E-state index is 0.271. The molecule has 24 heavy (non-hydrogen) atoms. The summed E-state index contributed by atoms with van der Waals surface area (Å²) in [6, 6.07) is 13.7. The van der Waals surface area contributed by atoms with E-state index in [1.165, 1.54) is 0 Å². The second-order valence-corrected chi connectivity index (χ2v) is 5.42. The molecule has 3 N–H and O–H groups in total. The van der Waals surface area contributed by atoms with Gasteiger partial charge in [-0.15, -0.1) is 0 Å². The number of amides is 2. The van der Waals surface area contributed by atoms with Crippen LogP contribution in [0.5, 0.6) is 5.75 Å². The molecule has 0 spiro atoms. The molecule has 0 unspecified atom stereocenters. The Morgan fingerprint density at radius 1 is 1.00 bits per heavy atom. The van der Waals surface area contributed by atoms with Crippen molar-refractivity contribution in [2.75, 3.05) is 11.9 Å². The highest BCUT2D eigenvalue weighted by molar-refractivity contribution is 6.09. The Morgan fingerprint density at radius 3 is 2.38 bits per heavy atom. The fourth-order valence-electron chi connectivity index (χ4n) is 2.31. The molecule has 0 aliphatic carbocycles. The first-order valence-corrected chi connectivity index (χ1v) is 8.05. The highest BCUT2D eigenvalue weighted by Crippen LogP contribution is 2.21. The molecule has 0 atom stereocenters. The van der Waals surface area contributed by atoms with Gasteiger partial charge in [0.2, 0.25) is 0 Å². The molecule has 0 heterocycles. The van der Waals surface area contributed by atoms with Crippen molar-refractivity contribution in [1.82, 2.24) is 0 Å². The molecule has 2 amide bonds. The number of hydrogen-bond donors (Lipinski definition) is 2. The van der Waals surface area contributed by atoms with Gasteiger partial charge in [-0.3, -0.25) is 9.59 Å². The van der Waals surface area contributed by atoms with Crippen LogP contribution in [0.4, 0.5) is 5.69 Å². The monoisotopic (exact) mass is 326 g/mol. The van der Waals surface area contributed by atoms with Crippen molar-refractivity contribution in [3.05, 3.63) is 59.7 Å². The number of para-hydroxylation sites is 2. The van der Waals surface area contributed by atoms with Crippen molar-refractivity contribution in [2.45, 2.75) is 26.2 Å². The SMILES string of the molecule is CCCCCOc1ccccc1C(=O)Nc1ccccc1C(N)=O. The van der Waals surface area contributed by atoms with Crippen molar-refractivity contribution in [2.24, 2.45) is 5.73 Å². The molecule has 126 valence electrons. The summed E-state index contributed by atoms with van der Waals surface area (Å²) in [5.74, 6) is -0.396.